The van der Waals surface area contributed by atoms with Crippen LogP contribution in [0.3, 0.4) is 0 Å². The number of ether oxygens (including phenoxy) is 1. The summed E-state index contributed by atoms with van der Waals surface area (Å²) in [5.41, 5.74) is 1.58. The number of carbonyl (C=O) groups excluding carboxylic acids is 1. The second-order valence-electron chi connectivity index (χ2n) is 9.71. The molecule has 8 nitrogen and oxygen atoms in total. The van der Waals surface area contributed by atoms with Gasteiger partial charge in [0.2, 0.25) is 0 Å². The van der Waals surface area contributed by atoms with Crippen LogP contribution in [0.2, 0.25) is 5.02 Å². The van der Waals surface area contributed by atoms with E-state index in [1.165, 1.54) is 5.00 Å². The molecule has 10 heteroatoms. The van der Waals surface area contributed by atoms with Gasteiger partial charge in [0.05, 0.1) is 40.0 Å². The molecule has 2 fully saturated rings. The summed E-state index contributed by atoms with van der Waals surface area (Å²) in [5, 5.41) is 5.01. The summed E-state index contributed by atoms with van der Waals surface area (Å²) in [5.74, 6) is 0.944. The molecule has 0 spiro atoms. The van der Waals surface area contributed by atoms with Crippen LogP contribution in [-0.2, 0) is 4.74 Å². The standard InChI is InChI=1S/C25H31ClN6O2S/c1-17(18-5-4-6-19(26)13-18)29-24(33)32-8-7-31(15-25(32,2)3)23-22-20(27-16-28-23)14-21(35-22)30-9-11-34-12-10-30/h4-6,13-14,16-17H,7-12,15H2,1-3H3,(H,29,33)/t17-/m0/s1. The fraction of sp³-hybridized carbons (Fsp3) is 0.480. The number of rotatable bonds is 4. The lowest BCUT2D eigenvalue weighted by Crippen LogP contribution is -2.63. The Morgan fingerprint density at radius 3 is 2.69 bits per heavy atom. The van der Waals surface area contributed by atoms with Crippen LogP contribution in [0, 0.1) is 0 Å². The van der Waals surface area contributed by atoms with Gasteiger partial charge in [-0.3, -0.25) is 0 Å². The fourth-order valence-electron chi connectivity index (χ4n) is 4.83. The van der Waals surface area contributed by atoms with Crippen molar-refractivity contribution >= 4 is 50.0 Å². The molecule has 35 heavy (non-hydrogen) atoms. The predicted molar refractivity (Wildman–Crippen MR) is 142 cm³/mol. The average Bonchev–Trinajstić information content (AvgIpc) is 3.28. The summed E-state index contributed by atoms with van der Waals surface area (Å²) in [7, 11) is 0. The van der Waals surface area contributed by atoms with E-state index < -0.39 is 0 Å². The van der Waals surface area contributed by atoms with E-state index in [0.29, 0.717) is 24.7 Å². The van der Waals surface area contributed by atoms with Gasteiger partial charge in [-0.2, -0.15) is 0 Å². The number of carbonyl (C=O) groups is 1. The van der Waals surface area contributed by atoms with E-state index in [4.69, 9.17) is 16.3 Å². The van der Waals surface area contributed by atoms with E-state index in [9.17, 15) is 4.79 Å². The number of aromatic nitrogens is 2. The van der Waals surface area contributed by atoms with Crippen LogP contribution in [-0.4, -0.2) is 72.4 Å². The van der Waals surface area contributed by atoms with Crippen molar-refractivity contribution in [3.05, 3.63) is 47.2 Å². The number of nitrogens with one attached hydrogen (secondary N) is 1. The Morgan fingerprint density at radius 1 is 1.14 bits per heavy atom. The number of fused-ring (bicyclic) bond motifs is 1. The van der Waals surface area contributed by atoms with Crippen molar-refractivity contribution in [2.45, 2.75) is 32.4 Å². The molecule has 4 heterocycles. The molecule has 186 valence electrons. The zero-order valence-electron chi connectivity index (χ0n) is 20.3. The number of halogens is 1. The summed E-state index contributed by atoms with van der Waals surface area (Å²) in [6, 6.07) is 9.56. The molecule has 0 radical (unpaired) electrons. The van der Waals surface area contributed by atoms with E-state index in [1.54, 1.807) is 17.7 Å². The van der Waals surface area contributed by atoms with Gasteiger partial charge in [-0.15, -0.1) is 11.3 Å². The number of thiophene rings is 1. The molecule has 1 N–H and O–H groups in total. The van der Waals surface area contributed by atoms with Crippen molar-refractivity contribution < 1.29 is 9.53 Å². The Kier molecular flexibility index (Phi) is 6.74. The van der Waals surface area contributed by atoms with Crippen molar-refractivity contribution in [2.24, 2.45) is 0 Å². The number of urea groups is 1. The van der Waals surface area contributed by atoms with Gasteiger partial charge in [-0.05, 0) is 44.5 Å². The molecule has 0 aliphatic carbocycles. The first-order valence-corrected chi connectivity index (χ1v) is 13.2. The minimum Gasteiger partial charge on any atom is -0.378 e. The van der Waals surface area contributed by atoms with E-state index in [-0.39, 0.29) is 17.6 Å². The van der Waals surface area contributed by atoms with Crippen LogP contribution in [0.1, 0.15) is 32.4 Å². The van der Waals surface area contributed by atoms with Crippen LogP contribution in [0.4, 0.5) is 15.6 Å². The maximum Gasteiger partial charge on any atom is 0.318 e. The lowest BCUT2D eigenvalue weighted by molar-refractivity contribution is 0.121. The SMILES string of the molecule is C[C@H](NC(=O)N1CCN(c2ncnc3cc(N4CCOCC4)sc23)CC1(C)C)c1cccc(Cl)c1. The smallest absolute Gasteiger partial charge is 0.318 e. The van der Waals surface area contributed by atoms with Crippen LogP contribution in [0.15, 0.2) is 36.7 Å². The summed E-state index contributed by atoms with van der Waals surface area (Å²) in [6.07, 6.45) is 1.65. The second kappa shape index (κ2) is 9.79. The van der Waals surface area contributed by atoms with Gasteiger partial charge in [-0.1, -0.05) is 23.7 Å². The molecule has 0 bridgehead atoms. The van der Waals surface area contributed by atoms with Gasteiger partial charge < -0.3 is 24.8 Å². The molecule has 0 unspecified atom stereocenters. The highest BCUT2D eigenvalue weighted by Gasteiger charge is 2.38. The van der Waals surface area contributed by atoms with Crippen molar-refractivity contribution in [3.8, 4) is 0 Å². The van der Waals surface area contributed by atoms with Gasteiger partial charge in [0.15, 0.2) is 0 Å². The minimum atomic E-state index is -0.377. The van der Waals surface area contributed by atoms with Crippen molar-refractivity contribution in [3.63, 3.8) is 0 Å². The van der Waals surface area contributed by atoms with Gasteiger partial charge in [0.1, 0.15) is 12.1 Å². The van der Waals surface area contributed by atoms with Crippen LogP contribution in [0.5, 0.6) is 0 Å². The molecule has 2 aromatic heterocycles. The van der Waals surface area contributed by atoms with Gasteiger partial charge in [-0.25, -0.2) is 14.8 Å². The Hall–Kier alpha value is -2.62. The average molecular weight is 515 g/mol. The lowest BCUT2D eigenvalue weighted by atomic mass is 9.99. The highest BCUT2D eigenvalue weighted by molar-refractivity contribution is 7.23. The van der Waals surface area contributed by atoms with E-state index in [0.717, 1.165) is 47.9 Å². The first-order valence-electron chi connectivity index (χ1n) is 12.0. The number of anilines is 2. The van der Waals surface area contributed by atoms with Crippen molar-refractivity contribution in [1.82, 2.24) is 20.2 Å². The number of nitrogens with zero attached hydrogens (tertiary/aromatic N) is 5. The number of hydrogen-bond donors (Lipinski definition) is 1. The molecule has 2 aliphatic heterocycles. The molecule has 2 saturated heterocycles. The Morgan fingerprint density at radius 2 is 1.94 bits per heavy atom. The summed E-state index contributed by atoms with van der Waals surface area (Å²) in [6.45, 7) is 11.5. The number of piperazine rings is 1. The number of benzene rings is 1. The van der Waals surface area contributed by atoms with Crippen molar-refractivity contribution in [1.29, 1.82) is 0 Å². The Balaban J connectivity index is 1.31. The first kappa shape index (κ1) is 24.1. The van der Waals surface area contributed by atoms with Crippen LogP contribution in [0.25, 0.3) is 10.2 Å². The third kappa shape index (κ3) is 5.03. The lowest BCUT2D eigenvalue weighted by Gasteiger charge is -2.47. The molecule has 2 aliphatic rings. The van der Waals surface area contributed by atoms with E-state index >= 15 is 0 Å². The van der Waals surface area contributed by atoms with Gasteiger partial charge in [0.25, 0.3) is 0 Å². The largest absolute Gasteiger partial charge is 0.378 e. The molecule has 1 atom stereocenters. The normalized spacial score (nSPS) is 19.1. The van der Waals surface area contributed by atoms with Gasteiger partial charge >= 0.3 is 6.03 Å². The number of amides is 2. The highest BCUT2D eigenvalue weighted by atomic mass is 35.5. The quantitative estimate of drug-likeness (QED) is 0.550. The predicted octanol–water partition coefficient (Wildman–Crippen LogP) is 4.55. The molecule has 0 saturated carbocycles. The molecule has 5 rings (SSSR count). The maximum atomic E-state index is 13.2. The summed E-state index contributed by atoms with van der Waals surface area (Å²) < 4.78 is 6.60. The van der Waals surface area contributed by atoms with Crippen molar-refractivity contribution in [2.75, 3.05) is 55.7 Å². The molecular weight excluding hydrogens is 484 g/mol. The highest BCUT2D eigenvalue weighted by Crippen LogP contribution is 2.38. The fourth-order valence-corrected chi connectivity index (χ4v) is 6.21. The third-order valence-corrected chi connectivity index (χ3v) is 8.15. The number of morpholine rings is 1. The van der Waals surface area contributed by atoms with Crippen LogP contribution < -0.4 is 15.1 Å². The molecule has 3 aromatic rings. The zero-order chi connectivity index (χ0) is 24.6. The Bertz CT molecular complexity index is 1210. The zero-order valence-corrected chi connectivity index (χ0v) is 21.9. The summed E-state index contributed by atoms with van der Waals surface area (Å²) >= 11 is 7.87. The molecule has 2 amide bonds. The Labute approximate surface area is 214 Å². The minimum absolute atomic E-state index is 0.0688. The topological polar surface area (TPSA) is 73.8 Å². The van der Waals surface area contributed by atoms with Gasteiger partial charge in [0, 0.05) is 37.7 Å². The molecule has 1 aromatic carbocycles. The maximum absolute atomic E-state index is 13.2. The molecular formula is C25H31ClN6O2S. The first-order chi connectivity index (χ1) is 16.8. The summed E-state index contributed by atoms with van der Waals surface area (Å²) in [4.78, 5) is 29.0. The van der Waals surface area contributed by atoms with Crippen LogP contribution >= 0.6 is 22.9 Å². The third-order valence-electron chi connectivity index (χ3n) is 6.74. The monoisotopic (exact) mass is 514 g/mol. The van der Waals surface area contributed by atoms with E-state index in [1.807, 2.05) is 36.1 Å². The number of hydrogen-bond acceptors (Lipinski definition) is 7. The van der Waals surface area contributed by atoms with E-state index in [2.05, 4.69) is 45.0 Å². The second-order valence-corrected chi connectivity index (χ2v) is 11.2.